The van der Waals surface area contributed by atoms with Crippen LogP contribution in [0.2, 0.25) is 0 Å². The van der Waals surface area contributed by atoms with Crippen molar-refractivity contribution in [1.82, 2.24) is 10.3 Å². The standard InChI is InChI=1S/C13H19F3N2/c1-3-5-6-12(18-4-2)10-9-17-8-7-11(10)13(14,15)16/h7-9,12,18H,3-6H2,1-2H3. The van der Waals surface area contributed by atoms with Crippen LogP contribution in [0, 0.1) is 0 Å². The van der Waals surface area contributed by atoms with Crippen LogP contribution >= 0.6 is 0 Å². The van der Waals surface area contributed by atoms with Crippen molar-refractivity contribution >= 4 is 0 Å². The smallest absolute Gasteiger partial charge is 0.310 e. The van der Waals surface area contributed by atoms with Crippen molar-refractivity contribution in [3.63, 3.8) is 0 Å². The lowest BCUT2D eigenvalue weighted by atomic mass is 9.98. The van der Waals surface area contributed by atoms with Crippen molar-refractivity contribution in [2.45, 2.75) is 45.3 Å². The molecular weight excluding hydrogens is 241 g/mol. The van der Waals surface area contributed by atoms with Crippen LogP contribution in [0.3, 0.4) is 0 Å². The summed E-state index contributed by atoms with van der Waals surface area (Å²) in [4.78, 5) is 3.83. The number of pyridine rings is 1. The normalized spacial score (nSPS) is 13.6. The summed E-state index contributed by atoms with van der Waals surface area (Å²) in [7, 11) is 0. The van der Waals surface area contributed by atoms with Crippen LogP contribution in [0.1, 0.15) is 50.3 Å². The fourth-order valence-corrected chi connectivity index (χ4v) is 1.96. The summed E-state index contributed by atoms with van der Waals surface area (Å²) in [5.41, 5.74) is -0.333. The van der Waals surface area contributed by atoms with Crippen molar-refractivity contribution in [3.05, 3.63) is 29.6 Å². The summed E-state index contributed by atoms with van der Waals surface area (Å²) < 4.78 is 38.7. The van der Waals surface area contributed by atoms with E-state index in [1.54, 1.807) is 0 Å². The molecule has 0 radical (unpaired) electrons. The molecule has 0 aliphatic rings. The van der Waals surface area contributed by atoms with E-state index >= 15 is 0 Å². The molecule has 102 valence electrons. The molecule has 1 rings (SSSR count). The largest absolute Gasteiger partial charge is 0.416 e. The molecule has 1 aromatic rings. The topological polar surface area (TPSA) is 24.9 Å². The predicted molar refractivity (Wildman–Crippen MR) is 65.2 cm³/mol. The van der Waals surface area contributed by atoms with Crippen LogP contribution in [0.25, 0.3) is 0 Å². The van der Waals surface area contributed by atoms with Gasteiger partial charge in [-0.15, -0.1) is 0 Å². The van der Waals surface area contributed by atoms with Crippen molar-refractivity contribution < 1.29 is 13.2 Å². The van der Waals surface area contributed by atoms with Gasteiger partial charge in [-0.25, -0.2) is 0 Å². The number of halogens is 3. The molecule has 0 fully saturated rings. The zero-order valence-corrected chi connectivity index (χ0v) is 10.7. The molecule has 0 amide bonds. The third-order valence-corrected chi connectivity index (χ3v) is 2.83. The van der Waals surface area contributed by atoms with Gasteiger partial charge < -0.3 is 5.32 Å². The highest BCUT2D eigenvalue weighted by Gasteiger charge is 2.34. The Morgan fingerprint density at radius 2 is 2.06 bits per heavy atom. The Bertz CT molecular complexity index is 363. The van der Waals surface area contributed by atoms with Gasteiger partial charge in [-0.05, 0) is 24.6 Å². The van der Waals surface area contributed by atoms with E-state index in [2.05, 4.69) is 10.3 Å². The number of hydrogen-bond acceptors (Lipinski definition) is 2. The first kappa shape index (κ1) is 15.0. The number of nitrogens with one attached hydrogen (secondary N) is 1. The van der Waals surface area contributed by atoms with Crippen molar-refractivity contribution in [2.75, 3.05) is 6.54 Å². The van der Waals surface area contributed by atoms with Crippen LogP contribution < -0.4 is 5.32 Å². The molecule has 1 unspecified atom stereocenters. The fraction of sp³-hybridized carbons (Fsp3) is 0.615. The van der Waals surface area contributed by atoms with Gasteiger partial charge in [-0.2, -0.15) is 13.2 Å². The number of aromatic nitrogens is 1. The molecule has 1 atom stereocenters. The summed E-state index contributed by atoms with van der Waals surface area (Å²) in [5, 5.41) is 3.11. The number of hydrogen-bond donors (Lipinski definition) is 1. The summed E-state index contributed by atoms with van der Waals surface area (Å²) in [6.07, 6.45) is 0.742. The van der Waals surface area contributed by atoms with Gasteiger partial charge in [-0.3, -0.25) is 4.98 Å². The molecule has 0 aromatic carbocycles. The SMILES string of the molecule is CCCCC(NCC)c1cnccc1C(F)(F)F. The monoisotopic (exact) mass is 260 g/mol. The minimum atomic E-state index is -4.32. The highest BCUT2D eigenvalue weighted by atomic mass is 19.4. The van der Waals surface area contributed by atoms with E-state index in [0.29, 0.717) is 13.0 Å². The van der Waals surface area contributed by atoms with E-state index in [1.165, 1.54) is 12.4 Å². The molecule has 0 saturated carbocycles. The third kappa shape index (κ3) is 3.98. The lowest BCUT2D eigenvalue weighted by molar-refractivity contribution is -0.138. The first-order valence-electron chi connectivity index (χ1n) is 6.25. The zero-order valence-electron chi connectivity index (χ0n) is 10.7. The summed E-state index contributed by atoms with van der Waals surface area (Å²) in [5.74, 6) is 0. The van der Waals surface area contributed by atoms with Gasteiger partial charge >= 0.3 is 6.18 Å². The molecule has 1 aromatic heterocycles. The fourth-order valence-electron chi connectivity index (χ4n) is 1.96. The van der Waals surface area contributed by atoms with Gasteiger partial charge in [0.25, 0.3) is 0 Å². The molecule has 0 aliphatic carbocycles. The Labute approximate surface area is 106 Å². The van der Waals surface area contributed by atoms with Crippen LogP contribution in [0.4, 0.5) is 13.2 Å². The minimum absolute atomic E-state index is 0.250. The van der Waals surface area contributed by atoms with Crippen molar-refractivity contribution in [2.24, 2.45) is 0 Å². The van der Waals surface area contributed by atoms with Gasteiger partial charge in [0.1, 0.15) is 0 Å². The van der Waals surface area contributed by atoms with Gasteiger partial charge in [0.05, 0.1) is 5.56 Å². The molecule has 2 nitrogen and oxygen atoms in total. The molecule has 1 N–H and O–H groups in total. The summed E-state index contributed by atoms with van der Waals surface area (Å²) in [6, 6.07) is 0.770. The van der Waals surface area contributed by atoms with E-state index < -0.39 is 11.7 Å². The number of nitrogens with zero attached hydrogens (tertiary/aromatic N) is 1. The minimum Gasteiger partial charge on any atom is -0.310 e. The maximum absolute atomic E-state index is 12.9. The number of alkyl halides is 3. The van der Waals surface area contributed by atoms with Crippen molar-refractivity contribution in [3.8, 4) is 0 Å². The van der Waals surface area contributed by atoms with E-state index in [-0.39, 0.29) is 11.6 Å². The number of unbranched alkanes of at least 4 members (excludes halogenated alkanes) is 1. The molecular formula is C13H19F3N2. The molecule has 5 heteroatoms. The average Bonchev–Trinajstić information content (AvgIpc) is 2.33. The van der Waals surface area contributed by atoms with E-state index in [4.69, 9.17) is 0 Å². The lowest BCUT2D eigenvalue weighted by Crippen LogP contribution is -2.24. The molecule has 18 heavy (non-hydrogen) atoms. The van der Waals surface area contributed by atoms with E-state index in [0.717, 1.165) is 18.9 Å². The third-order valence-electron chi connectivity index (χ3n) is 2.83. The van der Waals surface area contributed by atoms with Crippen molar-refractivity contribution in [1.29, 1.82) is 0 Å². The first-order chi connectivity index (χ1) is 8.50. The van der Waals surface area contributed by atoms with Gasteiger partial charge in [0.15, 0.2) is 0 Å². The Morgan fingerprint density at radius 1 is 1.33 bits per heavy atom. The van der Waals surface area contributed by atoms with Gasteiger partial charge in [-0.1, -0.05) is 26.7 Å². The number of rotatable bonds is 6. The molecule has 1 heterocycles. The van der Waals surface area contributed by atoms with Crippen LogP contribution in [0.5, 0.6) is 0 Å². The van der Waals surface area contributed by atoms with E-state index in [9.17, 15) is 13.2 Å². The molecule has 0 saturated heterocycles. The Morgan fingerprint density at radius 3 is 2.61 bits per heavy atom. The second-order valence-corrected chi connectivity index (χ2v) is 4.21. The molecule has 0 bridgehead atoms. The maximum Gasteiger partial charge on any atom is 0.416 e. The van der Waals surface area contributed by atoms with Crippen LogP contribution in [-0.4, -0.2) is 11.5 Å². The maximum atomic E-state index is 12.9. The quantitative estimate of drug-likeness (QED) is 0.838. The van der Waals surface area contributed by atoms with Gasteiger partial charge in [0.2, 0.25) is 0 Å². The zero-order chi connectivity index (χ0) is 13.6. The summed E-state index contributed by atoms with van der Waals surface area (Å²) >= 11 is 0. The Balaban J connectivity index is 3.03. The Kier molecular flexibility index (Phi) is 5.59. The average molecular weight is 260 g/mol. The van der Waals surface area contributed by atoms with Crippen LogP contribution in [0.15, 0.2) is 18.5 Å². The lowest BCUT2D eigenvalue weighted by Gasteiger charge is -2.21. The first-order valence-corrected chi connectivity index (χ1v) is 6.25. The molecule has 0 aliphatic heterocycles. The predicted octanol–water partition coefficient (Wildman–Crippen LogP) is 3.94. The van der Waals surface area contributed by atoms with E-state index in [1.807, 2.05) is 13.8 Å². The summed E-state index contributed by atoms with van der Waals surface area (Å²) in [6.45, 7) is 4.56. The van der Waals surface area contributed by atoms with Crippen LogP contribution in [-0.2, 0) is 6.18 Å². The Hall–Kier alpha value is -1.10. The second kappa shape index (κ2) is 6.73. The van der Waals surface area contributed by atoms with Gasteiger partial charge in [0, 0.05) is 18.4 Å². The highest BCUT2D eigenvalue weighted by Crippen LogP contribution is 2.35. The second-order valence-electron chi connectivity index (χ2n) is 4.21. The molecule has 0 spiro atoms. The highest BCUT2D eigenvalue weighted by molar-refractivity contribution is 5.29.